The summed E-state index contributed by atoms with van der Waals surface area (Å²) in [6, 6.07) is 10.6. The fraction of sp³-hybridized carbons (Fsp3) is 0.433. The lowest BCUT2D eigenvalue weighted by Gasteiger charge is -2.22. The van der Waals surface area contributed by atoms with E-state index in [1.807, 2.05) is 6.92 Å². The molecule has 0 radical (unpaired) electrons. The van der Waals surface area contributed by atoms with E-state index in [2.05, 4.69) is 22.7 Å². The lowest BCUT2D eigenvalue weighted by molar-refractivity contribution is -0.137. The minimum atomic E-state index is -4.46. The Labute approximate surface area is 237 Å². The van der Waals surface area contributed by atoms with Crippen molar-refractivity contribution in [2.75, 3.05) is 5.73 Å². The molecule has 41 heavy (non-hydrogen) atoms. The number of hydrogen-bond donors (Lipinski definition) is 4. The van der Waals surface area contributed by atoms with Gasteiger partial charge >= 0.3 is 6.18 Å². The molecule has 2 amide bonds. The number of carbonyl (C=O) groups excluding carboxylic acids is 2. The van der Waals surface area contributed by atoms with Crippen LogP contribution >= 0.6 is 0 Å². The average molecular weight is 571 g/mol. The van der Waals surface area contributed by atoms with Crippen molar-refractivity contribution in [1.82, 2.24) is 20.4 Å². The first-order valence-corrected chi connectivity index (χ1v) is 13.9. The Bertz CT molecular complexity index is 1360. The number of aromatic nitrogens is 2. The number of aryl methyl sites for hydroxylation is 1. The normalized spacial score (nSPS) is 18.7. The molecule has 6 N–H and O–H groups in total. The molecule has 11 heteroatoms. The monoisotopic (exact) mass is 570 g/mol. The van der Waals surface area contributed by atoms with Gasteiger partial charge in [-0.25, -0.2) is 4.68 Å². The average Bonchev–Trinajstić information content (AvgIpc) is 3.67. The summed E-state index contributed by atoms with van der Waals surface area (Å²) in [6.07, 6.45) is 3.95. The van der Waals surface area contributed by atoms with Gasteiger partial charge in [-0.3, -0.25) is 9.59 Å². The summed E-state index contributed by atoms with van der Waals surface area (Å²) in [5.74, 6) is 0.231. The molecule has 1 aromatic heterocycles. The van der Waals surface area contributed by atoms with Gasteiger partial charge in [-0.2, -0.15) is 18.3 Å². The topological polar surface area (TPSA) is 128 Å². The first-order valence-electron chi connectivity index (χ1n) is 13.9. The summed E-state index contributed by atoms with van der Waals surface area (Å²) in [7, 11) is 0. The molecule has 220 valence electrons. The van der Waals surface area contributed by atoms with Gasteiger partial charge in [0.05, 0.1) is 17.4 Å². The number of rotatable bonds is 6. The molecular weight excluding hydrogens is 533 g/mol. The highest BCUT2D eigenvalue weighted by Crippen LogP contribution is 2.29. The second kappa shape index (κ2) is 12.8. The number of nitrogen functional groups attached to an aromatic ring is 1. The van der Waals surface area contributed by atoms with E-state index in [4.69, 9.17) is 11.5 Å². The third kappa shape index (κ3) is 8.09. The van der Waals surface area contributed by atoms with E-state index in [1.165, 1.54) is 48.7 Å². The molecule has 8 nitrogen and oxygen atoms in total. The number of nitrogens with one attached hydrogen (secondary N) is 2. The molecule has 3 aromatic rings. The Kier molecular flexibility index (Phi) is 9.37. The molecule has 5 rings (SSSR count). The summed E-state index contributed by atoms with van der Waals surface area (Å²) < 4.78 is 40.0. The highest BCUT2D eigenvalue weighted by Gasteiger charge is 2.30. The molecule has 0 unspecified atom stereocenters. The lowest BCUT2D eigenvalue weighted by Crippen LogP contribution is -2.25. The molecule has 2 aliphatic rings. The van der Waals surface area contributed by atoms with Gasteiger partial charge in [0.1, 0.15) is 11.4 Å². The minimum absolute atomic E-state index is 0.0550. The van der Waals surface area contributed by atoms with Gasteiger partial charge in [-0.15, -0.1) is 0 Å². The molecule has 2 fully saturated rings. The van der Waals surface area contributed by atoms with E-state index in [0.717, 1.165) is 36.5 Å². The third-order valence-electron chi connectivity index (χ3n) is 7.43. The van der Waals surface area contributed by atoms with Crippen LogP contribution < -0.4 is 22.1 Å². The molecule has 0 atom stereocenters. The van der Waals surface area contributed by atoms with Crippen LogP contribution in [0.4, 0.5) is 19.0 Å². The molecule has 2 saturated carbocycles. The Morgan fingerprint density at radius 2 is 1.73 bits per heavy atom. The number of halogens is 3. The molecular formula is C30H37F3N6O2. The van der Waals surface area contributed by atoms with Crippen LogP contribution in [0.3, 0.4) is 0 Å². The second-order valence-electron chi connectivity index (χ2n) is 11.0. The maximum atomic E-state index is 12.9. The van der Waals surface area contributed by atoms with Crippen LogP contribution in [0.2, 0.25) is 0 Å². The minimum Gasteiger partial charge on any atom is -0.383 e. The number of amides is 2. The summed E-state index contributed by atoms with van der Waals surface area (Å²) in [4.78, 5) is 25.0. The van der Waals surface area contributed by atoms with Crippen molar-refractivity contribution < 1.29 is 22.8 Å². The summed E-state index contributed by atoms with van der Waals surface area (Å²) in [5, 5.41) is 9.68. The van der Waals surface area contributed by atoms with Gasteiger partial charge in [0.2, 0.25) is 0 Å². The SMILES string of the molecule is CC1CCC(N)CC1.Cc1ccc(C(=O)NC2CC2)cc1-n1ncc(C(=O)NCc2cccc(C(F)(F)F)c2)c1N. The van der Waals surface area contributed by atoms with E-state index < -0.39 is 17.6 Å². The number of nitrogens with zero attached hydrogens (tertiary/aromatic N) is 2. The van der Waals surface area contributed by atoms with Crippen LogP contribution in [0.1, 0.15) is 82.9 Å². The smallest absolute Gasteiger partial charge is 0.383 e. The second-order valence-corrected chi connectivity index (χ2v) is 11.0. The van der Waals surface area contributed by atoms with E-state index in [0.29, 0.717) is 22.9 Å². The quantitative estimate of drug-likeness (QED) is 0.327. The first kappa shape index (κ1) is 30.1. The van der Waals surface area contributed by atoms with E-state index >= 15 is 0 Å². The molecule has 2 aliphatic carbocycles. The zero-order valence-electron chi connectivity index (χ0n) is 23.3. The highest BCUT2D eigenvalue weighted by atomic mass is 19.4. The van der Waals surface area contributed by atoms with Gasteiger partial charge in [-0.1, -0.05) is 25.1 Å². The van der Waals surface area contributed by atoms with Crippen molar-refractivity contribution in [3.05, 3.63) is 76.5 Å². The fourth-order valence-corrected chi connectivity index (χ4v) is 4.62. The number of carbonyl (C=O) groups is 2. The number of benzene rings is 2. The molecule has 2 aromatic carbocycles. The van der Waals surface area contributed by atoms with Gasteiger partial charge < -0.3 is 22.1 Å². The molecule has 1 heterocycles. The third-order valence-corrected chi connectivity index (χ3v) is 7.43. The number of hydrogen-bond acceptors (Lipinski definition) is 5. The van der Waals surface area contributed by atoms with Crippen LogP contribution in [-0.2, 0) is 12.7 Å². The van der Waals surface area contributed by atoms with E-state index in [1.54, 1.807) is 18.2 Å². The Morgan fingerprint density at radius 3 is 2.37 bits per heavy atom. The van der Waals surface area contributed by atoms with Crippen molar-refractivity contribution in [2.24, 2.45) is 11.7 Å². The van der Waals surface area contributed by atoms with Gasteiger partial charge in [-0.05, 0) is 86.8 Å². The van der Waals surface area contributed by atoms with Crippen LogP contribution in [0.15, 0.2) is 48.7 Å². The summed E-state index contributed by atoms with van der Waals surface area (Å²) >= 11 is 0. The Balaban J connectivity index is 0.000000417. The summed E-state index contributed by atoms with van der Waals surface area (Å²) in [6.45, 7) is 4.03. The van der Waals surface area contributed by atoms with Crippen molar-refractivity contribution >= 4 is 17.6 Å². The Hall–Kier alpha value is -3.86. The molecule has 0 bridgehead atoms. The number of anilines is 1. The van der Waals surface area contributed by atoms with Crippen molar-refractivity contribution in [3.8, 4) is 5.69 Å². The maximum absolute atomic E-state index is 12.9. The van der Waals surface area contributed by atoms with Gasteiger partial charge in [0.15, 0.2) is 0 Å². The van der Waals surface area contributed by atoms with Gasteiger partial charge in [0.25, 0.3) is 11.8 Å². The van der Waals surface area contributed by atoms with Crippen LogP contribution in [0.5, 0.6) is 0 Å². The van der Waals surface area contributed by atoms with E-state index in [9.17, 15) is 22.8 Å². The van der Waals surface area contributed by atoms with Crippen molar-refractivity contribution in [2.45, 2.75) is 77.2 Å². The van der Waals surface area contributed by atoms with Crippen molar-refractivity contribution in [1.29, 1.82) is 0 Å². The van der Waals surface area contributed by atoms with Crippen molar-refractivity contribution in [3.63, 3.8) is 0 Å². The maximum Gasteiger partial charge on any atom is 0.416 e. The zero-order valence-corrected chi connectivity index (χ0v) is 23.3. The van der Waals surface area contributed by atoms with Crippen LogP contribution in [0, 0.1) is 12.8 Å². The van der Waals surface area contributed by atoms with Gasteiger partial charge in [0, 0.05) is 24.2 Å². The zero-order chi connectivity index (χ0) is 29.7. The fourth-order valence-electron chi connectivity index (χ4n) is 4.62. The lowest BCUT2D eigenvalue weighted by atomic mass is 9.88. The molecule has 0 spiro atoms. The predicted octanol–water partition coefficient (Wildman–Crippen LogP) is 5.13. The van der Waals surface area contributed by atoms with Crippen LogP contribution in [0.25, 0.3) is 5.69 Å². The van der Waals surface area contributed by atoms with Crippen LogP contribution in [-0.4, -0.2) is 33.7 Å². The number of alkyl halides is 3. The van der Waals surface area contributed by atoms with E-state index in [-0.39, 0.29) is 29.9 Å². The first-order chi connectivity index (χ1) is 19.4. The Morgan fingerprint density at radius 1 is 1.02 bits per heavy atom. The molecule has 0 saturated heterocycles. The molecule has 0 aliphatic heterocycles. The largest absolute Gasteiger partial charge is 0.416 e. The standard InChI is InChI=1S/C23H22F3N5O2.C7H15N/c1-13-5-6-15(21(32)30-17-7-8-17)10-19(13)31-20(27)18(12-29-31)22(33)28-11-14-3-2-4-16(9-14)23(24,25)26;1-6-2-4-7(8)5-3-6/h2-6,9-10,12,17H,7-8,11,27H2,1H3,(H,28,33)(H,30,32);6-7H,2-5,8H2,1H3. The predicted molar refractivity (Wildman–Crippen MR) is 151 cm³/mol. The summed E-state index contributed by atoms with van der Waals surface area (Å²) in [5.41, 5.74) is 13.2. The number of nitrogens with two attached hydrogens (primary N) is 2. The highest BCUT2D eigenvalue weighted by molar-refractivity contribution is 5.99.